The molecular formula is C14H21NO3. The molecule has 0 aliphatic carbocycles. The lowest BCUT2D eigenvalue weighted by Crippen LogP contribution is -2.26. The SMILES string of the molecule is COC(=O)C(C)Oc1c(C)cccc1CC(C)N. The highest BCUT2D eigenvalue weighted by atomic mass is 16.6. The summed E-state index contributed by atoms with van der Waals surface area (Å²) in [5, 5.41) is 0. The molecular weight excluding hydrogens is 230 g/mol. The number of rotatable bonds is 5. The van der Waals surface area contributed by atoms with Crippen molar-refractivity contribution in [2.45, 2.75) is 39.3 Å². The molecule has 0 saturated carbocycles. The van der Waals surface area contributed by atoms with Crippen molar-refractivity contribution in [2.24, 2.45) is 5.73 Å². The number of hydrogen-bond acceptors (Lipinski definition) is 4. The van der Waals surface area contributed by atoms with Crippen molar-refractivity contribution in [3.05, 3.63) is 29.3 Å². The van der Waals surface area contributed by atoms with Crippen molar-refractivity contribution < 1.29 is 14.3 Å². The smallest absolute Gasteiger partial charge is 0.346 e. The number of carbonyl (C=O) groups is 1. The van der Waals surface area contributed by atoms with Gasteiger partial charge in [-0.1, -0.05) is 18.2 Å². The molecule has 1 aromatic carbocycles. The van der Waals surface area contributed by atoms with Crippen molar-refractivity contribution in [1.29, 1.82) is 0 Å². The third-order valence-electron chi connectivity index (χ3n) is 2.66. The molecule has 0 heterocycles. The number of esters is 1. The van der Waals surface area contributed by atoms with Crippen LogP contribution in [0.5, 0.6) is 5.75 Å². The average Bonchev–Trinajstić information content (AvgIpc) is 2.31. The number of methoxy groups -OCH3 is 1. The third kappa shape index (κ3) is 3.74. The number of carbonyl (C=O) groups excluding carboxylic acids is 1. The summed E-state index contributed by atoms with van der Waals surface area (Å²) in [4.78, 5) is 11.4. The summed E-state index contributed by atoms with van der Waals surface area (Å²) in [6, 6.07) is 5.92. The fourth-order valence-corrected chi connectivity index (χ4v) is 1.78. The largest absolute Gasteiger partial charge is 0.478 e. The van der Waals surface area contributed by atoms with E-state index in [1.165, 1.54) is 7.11 Å². The van der Waals surface area contributed by atoms with Crippen molar-refractivity contribution in [2.75, 3.05) is 7.11 Å². The Morgan fingerprint density at radius 3 is 2.61 bits per heavy atom. The van der Waals surface area contributed by atoms with E-state index in [2.05, 4.69) is 4.74 Å². The Morgan fingerprint density at radius 1 is 1.39 bits per heavy atom. The van der Waals surface area contributed by atoms with Gasteiger partial charge in [0, 0.05) is 6.04 Å². The van der Waals surface area contributed by atoms with Gasteiger partial charge in [-0.3, -0.25) is 0 Å². The zero-order valence-corrected chi connectivity index (χ0v) is 11.4. The van der Waals surface area contributed by atoms with E-state index in [9.17, 15) is 4.79 Å². The molecule has 1 aromatic rings. The van der Waals surface area contributed by atoms with Crippen molar-refractivity contribution in [1.82, 2.24) is 0 Å². The first-order valence-corrected chi connectivity index (χ1v) is 6.04. The second-order valence-electron chi connectivity index (χ2n) is 4.53. The summed E-state index contributed by atoms with van der Waals surface area (Å²) >= 11 is 0. The van der Waals surface area contributed by atoms with Crippen LogP contribution < -0.4 is 10.5 Å². The summed E-state index contributed by atoms with van der Waals surface area (Å²) in [6.45, 7) is 5.56. The van der Waals surface area contributed by atoms with Gasteiger partial charge in [0.05, 0.1) is 7.11 Å². The Morgan fingerprint density at radius 2 is 2.06 bits per heavy atom. The van der Waals surface area contributed by atoms with E-state index >= 15 is 0 Å². The van der Waals surface area contributed by atoms with Crippen molar-refractivity contribution in [3.63, 3.8) is 0 Å². The highest BCUT2D eigenvalue weighted by molar-refractivity contribution is 5.74. The summed E-state index contributed by atoms with van der Waals surface area (Å²) in [7, 11) is 1.35. The molecule has 2 atom stereocenters. The number of hydrogen-bond donors (Lipinski definition) is 1. The number of ether oxygens (including phenoxy) is 2. The number of benzene rings is 1. The second kappa shape index (κ2) is 6.40. The maximum absolute atomic E-state index is 11.4. The number of nitrogens with two attached hydrogens (primary N) is 1. The molecule has 0 radical (unpaired) electrons. The summed E-state index contributed by atoms with van der Waals surface area (Å²) in [5.41, 5.74) is 7.82. The Labute approximate surface area is 108 Å². The van der Waals surface area contributed by atoms with Crippen LogP contribution in [0.15, 0.2) is 18.2 Å². The predicted molar refractivity (Wildman–Crippen MR) is 70.6 cm³/mol. The highest BCUT2D eigenvalue weighted by Gasteiger charge is 2.18. The predicted octanol–water partition coefficient (Wildman–Crippen LogP) is 1.83. The summed E-state index contributed by atoms with van der Waals surface area (Å²) in [5.74, 6) is 0.345. The van der Waals surface area contributed by atoms with Crippen LogP contribution >= 0.6 is 0 Å². The first kappa shape index (κ1) is 14.5. The molecule has 0 saturated heterocycles. The summed E-state index contributed by atoms with van der Waals surface area (Å²) < 4.78 is 10.4. The van der Waals surface area contributed by atoms with Gasteiger partial charge in [0.15, 0.2) is 6.10 Å². The van der Waals surface area contributed by atoms with Crippen molar-refractivity contribution >= 4 is 5.97 Å². The van der Waals surface area contributed by atoms with Crippen LogP contribution in [0.1, 0.15) is 25.0 Å². The quantitative estimate of drug-likeness (QED) is 0.811. The average molecular weight is 251 g/mol. The first-order chi connectivity index (χ1) is 8.45. The van der Waals surface area contributed by atoms with Gasteiger partial charge in [-0.2, -0.15) is 0 Å². The zero-order valence-electron chi connectivity index (χ0n) is 11.4. The lowest BCUT2D eigenvalue weighted by molar-refractivity contribution is -0.147. The van der Waals surface area contributed by atoms with Crippen LogP contribution in [0.3, 0.4) is 0 Å². The molecule has 0 aromatic heterocycles. The third-order valence-corrected chi connectivity index (χ3v) is 2.66. The molecule has 0 bridgehead atoms. The van der Waals surface area contributed by atoms with E-state index in [4.69, 9.17) is 10.5 Å². The molecule has 1 rings (SSSR count). The fraction of sp³-hybridized carbons (Fsp3) is 0.500. The van der Waals surface area contributed by atoms with Gasteiger partial charge in [-0.25, -0.2) is 4.79 Å². The normalized spacial score (nSPS) is 13.8. The number of para-hydroxylation sites is 1. The zero-order chi connectivity index (χ0) is 13.7. The highest BCUT2D eigenvalue weighted by Crippen LogP contribution is 2.25. The van der Waals surface area contributed by atoms with Crippen LogP contribution in [0.25, 0.3) is 0 Å². The maximum Gasteiger partial charge on any atom is 0.346 e. The Hall–Kier alpha value is -1.55. The van der Waals surface area contributed by atoms with E-state index in [0.29, 0.717) is 6.42 Å². The molecule has 2 unspecified atom stereocenters. The molecule has 0 spiro atoms. The molecule has 4 heteroatoms. The van der Waals surface area contributed by atoms with Gasteiger partial charge in [0.25, 0.3) is 0 Å². The minimum absolute atomic E-state index is 0.0441. The molecule has 4 nitrogen and oxygen atoms in total. The molecule has 0 amide bonds. The lowest BCUT2D eigenvalue weighted by atomic mass is 10.0. The molecule has 18 heavy (non-hydrogen) atoms. The van der Waals surface area contributed by atoms with Crippen LogP contribution in [0.2, 0.25) is 0 Å². The molecule has 2 N–H and O–H groups in total. The first-order valence-electron chi connectivity index (χ1n) is 6.04. The Kier molecular flexibility index (Phi) is 5.16. The lowest BCUT2D eigenvalue weighted by Gasteiger charge is -2.18. The van der Waals surface area contributed by atoms with Gasteiger partial charge < -0.3 is 15.2 Å². The van der Waals surface area contributed by atoms with E-state index < -0.39 is 6.10 Å². The van der Waals surface area contributed by atoms with Gasteiger partial charge >= 0.3 is 5.97 Å². The van der Waals surface area contributed by atoms with E-state index in [1.807, 2.05) is 32.0 Å². The molecule has 0 fully saturated rings. The maximum atomic E-state index is 11.4. The van der Waals surface area contributed by atoms with E-state index in [-0.39, 0.29) is 12.0 Å². The monoisotopic (exact) mass is 251 g/mol. The van der Waals surface area contributed by atoms with Crippen LogP contribution in [-0.2, 0) is 16.0 Å². The standard InChI is InChI=1S/C14H21NO3/c1-9-6-5-7-12(8-10(2)15)13(9)18-11(3)14(16)17-4/h5-7,10-11H,8,15H2,1-4H3. The Balaban J connectivity index is 2.95. The van der Waals surface area contributed by atoms with Crippen LogP contribution in [0, 0.1) is 6.92 Å². The Bertz CT molecular complexity index is 416. The van der Waals surface area contributed by atoms with Crippen LogP contribution in [0.4, 0.5) is 0 Å². The van der Waals surface area contributed by atoms with Gasteiger partial charge in [0.2, 0.25) is 0 Å². The molecule has 0 aliphatic rings. The molecule has 100 valence electrons. The van der Waals surface area contributed by atoms with Gasteiger partial charge in [0.1, 0.15) is 5.75 Å². The minimum atomic E-state index is -0.622. The van der Waals surface area contributed by atoms with E-state index in [1.54, 1.807) is 6.92 Å². The fourth-order valence-electron chi connectivity index (χ4n) is 1.78. The summed E-state index contributed by atoms with van der Waals surface area (Å²) in [6.07, 6.45) is 0.0909. The number of aryl methyl sites for hydroxylation is 1. The topological polar surface area (TPSA) is 61.5 Å². The van der Waals surface area contributed by atoms with Crippen LogP contribution in [-0.4, -0.2) is 25.2 Å². The minimum Gasteiger partial charge on any atom is -0.478 e. The van der Waals surface area contributed by atoms with E-state index in [0.717, 1.165) is 16.9 Å². The van der Waals surface area contributed by atoms with Crippen molar-refractivity contribution in [3.8, 4) is 5.75 Å². The second-order valence-corrected chi connectivity index (χ2v) is 4.53. The van der Waals surface area contributed by atoms with Gasteiger partial charge in [-0.05, 0) is 38.3 Å². The molecule has 0 aliphatic heterocycles. The van der Waals surface area contributed by atoms with Gasteiger partial charge in [-0.15, -0.1) is 0 Å².